The van der Waals surface area contributed by atoms with E-state index < -0.39 is 5.60 Å². The number of anilines is 1. The molecule has 1 heterocycles. The number of hydrogen-bond donors (Lipinski definition) is 2. The molecule has 1 fully saturated rings. The van der Waals surface area contributed by atoms with Gasteiger partial charge < -0.3 is 15.3 Å². The van der Waals surface area contributed by atoms with Crippen LogP contribution in [0.5, 0.6) is 0 Å². The van der Waals surface area contributed by atoms with Crippen LogP contribution in [0, 0.1) is 5.92 Å². The van der Waals surface area contributed by atoms with Gasteiger partial charge in [0.1, 0.15) is 5.82 Å². The molecule has 2 aromatic rings. The maximum atomic E-state index is 12.7. The number of rotatable bonds is 8. The Balaban J connectivity index is 1.87. The highest BCUT2D eigenvalue weighted by Crippen LogP contribution is 2.39. The van der Waals surface area contributed by atoms with Gasteiger partial charge in [-0.1, -0.05) is 30.7 Å². The van der Waals surface area contributed by atoms with Crippen LogP contribution in [0.25, 0.3) is 11.1 Å². The van der Waals surface area contributed by atoms with E-state index in [2.05, 4.69) is 22.1 Å². The Labute approximate surface area is 171 Å². The van der Waals surface area contributed by atoms with Gasteiger partial charge in [-0.05, 0) is 55.9 Å². The summed E-state index contributed by atoms with van der Waals surface area (Å²) < 4.78 is 0. The topological polar surface area (TPSA) is 65.5 Å². The normalized spacial score (nSPS) is 15.8. The number of nitrogens with zero attached hydrogens (tertiary/aromatic N) is 2. The first-order valence-corrected chi connectivity index (χ1v) is 10.2. The Hall–Kier alpha value is -2.11. The number of nitrogens with one attached hydrogen (secondary N) is 1. The molecule has 0 aliphatic heterocycles. The van der Waals surface area contributed by atoms with Gasteiger partial charge in [-0.15, -0.1) is 0 Å². The van der Waals surface area contributed by atoms with Gasteiger partial charge in [-0.25, -0.2) is 4.98 Å². The Morgan fingerprint density at radius 2 is 2.04 bits per heavy atom. The molecule has 1 amide bonds. The van der Waals surface area contributed by atoms with Crippen LogP contribution >= 0.6 is 11.6 Å². The van der Waals surface area contributed by atoms with Crippen LogP contribution in [0.2, 0.25) is 5.02 Å². The molecular formula is C22H28ClN3O2. The molecule has 1 aromatic heterocycles. The zero-order chi connectivity index (χ0) is 20.3. The Morgan fingerprint density at radius 3 is 2.64 bits per heavy atom. The number of benzene rings is 1. The smallest absolute Gasteiger partial charge is 0.252 e. The lowest BCUT2D eigenvalue weighted by Crippen LogP contribution is -2.42. The summed E-state index contributed by atoms with van der Waals surface area (Å²) in [6.45, 7) is 5.00. The number of hydrogen-bond acceptors (Lipinski definition) is 4. The number of carbonyl (C=O) groups is 1. The minimum atomic E-state index is -0.858. The van der Waals surface area contributed by atoms with Gasteiger partial charge in [0.05, 0.1) is 11.2 Å². The van der Waals surface area contributed by atoms with Crippen LogP contribution in [0.3, 0.4) is 0 Å². The van der Waals surface area contributed by atoms with E-state index in [-0.39, 0.29) is 18.4 Å². The maximum absolute atomic E-state index is 12.7. The minimum Gasteiger partial charge on any atom is -0.388 e. The molecule has 0 radical (unpaired) electrons. The number of pyridine rings is 1. The molecule has 1 unspecified atom stereocenters. The standard InChI is InChI=1S/C22H28ClN3O2/c1-4-11-26(3)20-19(15-5-9-18(23)10-6-15)12-16(13-24-20)21(27)25-14-22(2,28)17-7-8-17/h5-6,9-10,12-13,17,28H,4,7-8,11,14H2,1-3H3,(H,25,27). The summed E-state index contributed by atoms with van der Waals surface area (Å²) in [5.41, 5.74) is 1.46. The van der Waals surface area contributed by atoms with Crippen molar-refractivity contribution < 1.29 is 9.90 Å². The van der Waals surface area contributed by atoms with Gasteiger partial charge in [-0.3, -0.25) is 4.79 Å². The van der Waals surface area contributed by atoms with Crippen molar-refractivity contribution in [3.8, 4) is 11.1 Å². The van der Waals surface area contributed by atoms with Crippen LogP contribution in [0.15, 0.2) is 36.5 Å². The number of halogens is 1. The second-order valence-electron chi connectivity index (χ2n) is 7.84. The summed E-state index contributed by atoms with van der Waals surface area (Å²) in [5, 5.41) is 14.0. The molecule has 0 bridgehead atoms. The van der Waals surface area contributed by atoms with E-state index in [0.717, 1.165) is 42.8 Å². The third-order valence-corrected chi connectivity index (χ3v) is 5.52. The van der Waals surface area contributed by atoms with E-state index in [4.69, 9.17) is 11.6 Å². The molecule has 0 saturated heterocycles. The second kappa shape index (κ2) is 8.50. The average molecular weight is 402 g/mol. The summed E-state index contributed by atoms with van der Waals surface area (Å²) in [6.07, 6.45) is 4.63. The van der Waals surface area contributed by atoms with Gasteiger partial charge in [0.2, 0.25) is 0 Å². The zero-order valence-electron chi connectivity index (χ0n) is 16.7. The van der Waals surface area contributed by atoms with Crippen LogP contribution < -0.4 is 10.2 Å². The maximum Gasteiger partial charge on any atom is 0.252 e. The van der Waals surface area contributed by atoms with Crippen molar-refractivity contribution in [2.75, 3.05) is 25.0 Å². The predicted molar refractivity (Wildman–Crippen MR) is 114 cm³/mol. The van der Waals surface area contributed by atoms with Gasteiger partial charge in [0, 0.05) is 36.9 Å². The molecule has 3 rings (SSSR count). The molecule has 1 aliphatic carbocycles. The highest BCUT2D eigenvalue weighted by Gasteiger charge is 2.40. The number of aromatic nitrogens is 1. The third kappa shape index (κ3) is 4.83. The molecule has 0 spiro atoms. The molecule has 1 saturated carbocycles. The first kappa shape index (κ1) is 20.6. The minimum absolute atomic E-state index is 0.228. The van der Waals surface area contributed by atoms with E-state index >= 15 is 0 Å². The number of carbonyl (C=O) groups excluding carboxylic acids is 1. The second-order valence-corrected chi connectivity index (χ2v) is 8.27. The third-order valence-electron chi connectivity index (χ3n) is 5.27. The largest absolute Gasteiger partial charge is 0.388 e. The van der Waals surface area contributed by atoms with Gasteiger partial charge in [0.15, 0.2) is 0 Å². The number of aliphatic hydroxyl groups is 1. The lowest BCUT2D eigenvalue weighted by molar-refractivity contribution is 0.0354. The molecule has 1 aromatic carbocycles. The Morgan fingerprint density at radius 1 is 1.36 bits per heavy atom. The molecule has 150 valence electrons. The summed E-state index contributed by atoms with van der Waals surface area (Å²) in [4.78, 5) is 19.3. The summed E-state index contributed by atoms with van der Waals surface area (Å²) in [5.74, 6) is 0.875. The van der Waals surface area contributed by atoms with E-state index in [1.54, 1.807) is 13.1 Å². The molecule has 1 atom stereocenters. The van der Waals surface area contributed by atoms with E-state index in [1.807, 2.05) is 37.4 Å². The van der Waals surface area contributed by atoms with Crippen LogP contribution in [0.4, 0.5) is 5.82 Å². The lowest BCUT2D eigenvalue weighted by Gasteiger charge is -2.24. The van der Waals surface area contributed by atoms with Crippen molar-refractivity contribution in [2.45, 2.75) is 38.7 Å². The van der Waals surface area contributed by atoms with E-state index in [1.165, 1.54) is 0 Å². The van der Waals surface area contributed by atoms with Crippen LogP contribution in [-0.4, -0.2) is 41.7 Å². The van der Waals surface area contributed by atoms with Crippen LogP contribution in [0.1, 0.15) is 43.5 Å². The quantitative estimate of drug-likeness (QED) is 0.697. The van der Waals surface area contributed by atoms with Crippen molar-refractivity contribution in [1.82, 2.24) is 10.3 Å². The van der Waals surface area contributed by atoms with Crippen molar-refractivity contribution in [2.24, 2.45) is 5.92 Å². The van der Waals surface area contributed by atoms with Crippen molar-refractivity contribution in [3.05, 3.63) is 47.1 Å². The predicted octanol–water partition coefficient (Wildman–Crippen LogP) is 4.14. The number of amides is 1. The Kier molecular flexibility index (Phi) is 6.26. The first-order chi connectivity index (χ1) is 13.3. The van der Waals surface area contributed by atoms with E-state index in [0.29, 0.717) is 10.6 Å². The van der Waals surface area contributed by atoms with Crippen molar-refractivity contribution >= 4 is 23.3 Å². The molecule has 6 heteroatoms. The summed E-state index contributed by atoms with van der Waals surface area (Å²) in [6, 6.07) is 9.39. The molecule has 28 heavy (non-hydrogen) atoms. The Bertz CT molecular complexity index is 832. The SMILES string of the molecule is CCCN(C)c1ncc(C(=O)NCC(C)(O)C2CC2)cc1-c1ccc(Cl)cc1. The fraction of sp³-hybridized carbons (Fsp3) is 0.455. The zero-order valence-corrected chi connectivity index (χ0v) is 17.5. The highest BCUT2D eigenvalue weighted by atomic mass is 35.5. The van der Waals surface area contributed by atoms with Gasteiger partial charge in [0.25, 0.3) is 5.91 Å². The molecule has 2 N–H and O–H groups in total. The van der Waals surface area contributed by atoms with E-state index in [9.17, 15) is 9.90 Å². The fourth-order valence-corrected chi connectivity index (χ4v) is 3.51. The fourth-order valence-electron chi connectivity index (χ4n) is 3.38. The molecule has 1 aliphatic rings. The van der Waals surface area contributed by atoms with Crippen molar-refractivity contribution in [3.63, 3.8) is 0 Å². The lowest BCUT2D eigenvalue weighted by atomic mass is 10.0. The summed E-state index contributed by atoms with van der Waals surface area (Å²) >= 11 is 6.03. The molecule has 5 nitrogen and oxygen atoms in total. The first-order valence-electron chi connectivity index (χ1n) is 9.79. The monoisotopic (exact) mass is 401 g/mol. The van der Waals surface area contributed by atoms with Crippen LogP contribution in [-0.2, 0) is 0 Å². The van der Waals surface area contributed by atoms with Gasteiger partial charge >= 0.3 is 0 Å². The average Bonchev–Trinajstić information content (AvgIpc) is 3.52. The summed E-state index contributed by atoms with van der Waals surface area (Å²) in [7, 11) is 2.00. The van der Waals surface area contributed by atoms with Crippen molar-refractivity contribution in [1.29, 1.82) is 0 Å². The van der Waals surface area contributed by atoms with Gasteiger partial charge in [-0.2, -0.15) is 0 Å². The highest BCUT2D eigenvalue weighted by molar-refractivity contribution is 6.30. The molecular weight excluding hydrogens is 374 g/mol.